The minimum absolute atomic E-state index is 0.0575. The zero-order valence-corrected chi connectivity index (χ0v) is 14.5. The molecule has 1 aliphatic heterocycles. The van der Waals surface area contributed by atoms with Gasteiger partial charge in [-0.3, -0.25) is 4.79 Å². The number of hydrogen-bond donors (Lipinski definition) is 2. The predicted molar refractivity (Wildman–Crippen MR) is 90.1 cm³/mol. The summed E-state index contributed by atoms with van der Waals surface area (Å²) in [5, 5.41) is 5.87. The summed E-state index contributed by atoms with van der Waals surface area (Å²) in [5.74, 6) is 0.0394. The highest BCUT2D eigenvalue weighted by Crippen LogP contribution is 2.15. The van der Waals surface area contributed by atoms with Crippen LogP contribution in [0.25, 0.3) is 0 Å². The van der Waals surface area contributed by atoms with Gasteiger partial charge in [0, 0.05) is 38.1 Å². The summed E-state index contributed by atoms with van der Waals surface area (Å²) in [5.41, 5.74) is 1.25. The van der Waals surface area contributed by atoms with Gasteiger partial charge < -0.3 is 20.1 Å². The molecule has 1 fully saturated rings. The van der Waals surface area contributed by atoms with E-state index in [0.717, 1.165) is 12.8 Å². The highest BCUT2D eigenvalue weighted by Gasteiger charge is 2.35. The van der Waals surface area contributed by atoms with E-state index in [1.165, 1.54) is 5.69 Å². The van der Waals surface area contributed by atoms with Gasteiger partial charge in [-0.1, -0.05) is 13.8 Å². The largest absolute Gasteiger partial charge is 0.354 e. The van der Waals surface area contributed by atoms with Gasteiger partial charge in [0.15, 0.2) is 0 Å². The summed E-state index contributed by atoms with van der Waals surface area (Å²) in [6, 6.07) is 3.66. The van der Waals surface area contributed by atoms with Gasteiger partial charge >= 0.3 is 6.03 Å². The topological polar surface area (TPSA) is 66.4 Å². The van der Waals surface area contributed by atoms with Gasteiger partial charge in [0.05, 0.1) is 0 Å². The summed E-state index contributed by atoms with van der Waals surface area (Å²) in [4.78, 5) is 26.2. The van der Waals surface area contributed by atoms with Crippen molar-refractivity contribution in [3.05, 3.63) is 24.0 Å². The van der Waals surface area contributed by atoms with Crippen molar-refractivity contribution in [1.29, 1.82) is 0 Å². The van der Waals surface area contributed by atoms with Crippen LogP contribution >= 0.6 is 0 Å². The first-order valence-electron chi connectivity index (χ1n) is 8.35. The van der Waals surface area contributed by atoms with E-state index in [1.54, 1.807) is 4.90 Å². The first-order chi connectivity index (χ1) is 10.9. The minimum Gasteiger partial charge on any atom is -0.354 e. The molecule has 0 bridgehead atoms. The molecule has 0 radical (unpaired) electrons. The van der Waals surface area contributed by atoms with Crippen LogP contribution in [0, 0.1) is 5.92 Å². The first-order valence-corrected chi connectivity index (χ1v) is 8.35. The van der Waals surface area contributed by atoms with Crippen molar-refractivity contribution in [2.45, 2.75) is 45.7 Å². The summed E-state index contributed by atoms with van der Waals surface area (Å²) >= 11 is 0. The summed E-state index contributed by atoms with van der Waals surface area (Å²) < 4.78 is 2.10. The zero-order valence-electron chi connectivity index (χ0n) is 14.5. The molecule has 2 unspecified atom stereocenters. The average Bonchev–Trinajstić information content (AvgIpc) is 2.89. The average molecular weight is 320 g/mol. The molecular formula is C17H28N4O2. The molecule has 0 saturated carbocycles. The van der Waals surface area contributed by atoms with Gasteiger partial charge in [0.1, 0.15) is 6.04 Å². The van der Waals surface area contributed by atoms with Crippen LogP contribution in [0.15, 0.2) is 18.3 Å². The maximum Gasteiger partial charge on any atom is 0.318 e. The quantitative estimate of drug-likeness (QED) is 0.864. The molecule has 0 aromatic carbocycles. The Morgan fingerprint density at radius 3 is 2.78 bits per heavy atom. The molecular weight excluding hydrogens is 292 g/mol. The first kappa shape index (κ1) is 17.4. The third-order valence-electron chi connectivity index (χ3n) is 4.40. The monoisotopic (exact) mass is 320 g/mol. The van der Waals surface area contributed by atoms with Crippen molar-refractivity contribution in [3.63, 3.8) is 0 Å². The van der Waals surface area contributed by atoms with Crippen LogP contribution in [0.3, 0.4) is 0 Å². The number of urea groups is 1. The second-order valence-corrected chi connectivity index (χ2v) is 6.67. The van der Waals surface area contributed by atoms with Crippen LogP contribution < -0.4 is 10.6 Å². The van der Waals surface area contributed by atoms with Gasteiger partial charge in [0.2, 0.25) is 5.91 Å². The lowest BCUT2D eigenvalue weighted by Crippen LogP contribution is -2.61. The molecule has 2 heterocycles. The third kappa shape index (κ3) is 4.27. The van der Waals surface area contributed by atoms with E-state index in [9.17, 15) is 9.59 Å². The number of nitrogens with one attached hydrogen (secondary N) is 2. The maximum absolute atomic E-state index is 12.5. The lowest BCUT2D eigenvalue weighted by Gasteiger charge is -2.37. The van der Waals surface area contributed by atoms with E-state index in [1.807, 2.05) is 40.1 Å². The lowest BCUT2D eigenvalue weighted by molar-refractivity contribution is -0.129. The summed E-state index contributed by atoms with van der Waals surface area (Å²) in [6.07, 6.45) is 3.81. The molecule has 3 amide bonds. The van der Waals surface area contributed by atoms with Crippen LogP contribution in [-0.2, 0) is 18.3 Å². The summed E-state index contributed by atoms with van der Waals surface area (Å²) in [7, 11) is 2.03. The molecule has 128 valence electrons. The lowest BCUT2D eigenvalue weighted by atomic mass is 10.00. The number of amides is 3. The molecule has 1 aromatic heterocycles. The predicted octanol–water partition coefficient (Wildman–Crippen LogP) is 1.51. The van der Waals surface area contributed by atoms with Crippen molar-refractivity contribution >= 4 is 11.9 Å². The maximum atomic E-state index is 12.5. The van der Waals surface area contributed by atoms with E-state index in [4.69, 9.17) is 0 Å². The number of aromatic nitrogens is 1. The van der Waals surface area contributed by atoms with Gasteiger partial charge in [-0.15, -0.1) is 0 Å². The van der Waals surface area contributed by atoms with E-state index >= 15 is 0 Å². The Bertz CT molecular complexity index is 553. The van der Waals surface area contributed by atoms with Gasteiger partial charge in [-0.2, -0.15) is 0 Å². The molecule has 0 spiro atoms. The van der Waals surface area contributed by atoms with Crippen LogP contribution in [0.2, 0.25) is 0 Å². The smallest absolute Gasteiger partial charge is 0.318 e. The Balaban J connectivity index is 1.89. The van der Waals surface area contributed by atoms with Crippen molar-refractivity contribution < 1.29 is 9.59 Å². The van der Waals surface area contributed by atoms with Gasteiger partial charge in [-0.25, -0.2) is 4.79 Å². The minimum atomic E-state index is -0.385. The molecule has 2 atom stereocenters. The van der Waals surface area contributed by atoms with Crippen molar-refractivity contribution in [2.75, 3.05) is 13.1 Å². The van der Waals surface area contributed by atoms with Gasteiger partial charge in [0.25, 0.3) is 0 Å². The molecule has 6 heteroatoms. The molecule has 6 nitrogen and oxygen atoms in total. The van der Waals surface area contributed by atoms with Crippen LogP contribution in [0.4, 0.5) is 4.79 Å². The second kappa shape index (κ2) is 7.53. The van der Waals surface area contributed by atoms with Crippen molar-refractivity contribution in [2.24, 2.45) is 13.0 Å². The number of nitrogens with zero attached hydrogens (tertiary/aromatic N) is 2. The number of carbonyl (C=O) groups excluding carboxylic acids is 2. The fraction of sp³-hybridized carbons (Fsp3) is 0.647. The van der Waals surface area contributed by atoms with Crippen LogP contribution in [-0.4, -0.2) is 46.6 Å². The molecule has 1 aliphatic rings. The highest BCUT2D eigenvalue weighted by atomic mass is 16.2. The molecule has 1 saturated heterocycles. The fourth-order valence-electron chi connectivity index (χ4n) is 3.06. The molecule has 2 rings (SSSR count). The number of hydrogen-bond acceptors (Lipinski definition) is 2. The number of rotatable bonds is 5. The Morgan fingerprint density at radius 2 is 2.17 bits per heavy atom. The number of aryl methyl sites for hydroxylation is 2. The SMILES string of the molecule is CC(CCc1cccn1C)NC(=O)N1CCNC(=O)C1C(C)C. The van der Waals surface area contributed by atoms with Crippen molar-refractivity contribution in [1.82, 2.24) is 20.1 Å². The van der Waals surface area contributed by atoms with Crippen molar-refractivity contribution in [3.8, 4) is 0 Å². The van der Waals surface area contributed by atoms with Crippen LogP contribution in [0.5, 0.6) is 0 Å². The van der Waals surface area contributed by atoms with Crippen LogP contribution in [0.1, 0.15) is 32.9 Å². The third-order valence-corrected chi connectivity index (χ3v) is 4.40. The number of piperazine rings is 1. The van der Waals surface area contributed by atoms with E-state index in [-0.39, 0.29) is 29.9 Å². The molecule has 2 N–H and O–H groups in total. The van der Waals surface area contributed by atoms with E-state index in [2.05, 4.69) is 21.3 Å². The summed E-state index contributed by atoms with van der Waals surface area (Å²) in [6.45, 7) is 7.02. The molecule has 23 heavy (non-hydrogen) atoms. The normalized spacial score (nSPS) is 19.6. The standard InChI is InChI=1S/C17H28N4O2/c1-12(2)15-16(22)18-9-11-21(15)17(23)19-13(3)7-8-14-6-5-10-20(14)4/h5-6,10,12-13,15H,7-9,11H2,1-4H3,(H,18,22)(H,19,23). The van der Waals surface area contributed by atoms with E-state index in [0.29, 0.717) is 13.1 Å². The Labute approximate surface area is 138 Å². The number of carbonyl (C=O) groups is 2. The Morgan fingerprint density at radius 1 is 1.43 bits per heavy atom. The van der Waals surface area contributed by atoms with Gasteiger partial charge in [-0.05, 0) is 37.8 Å². The molecule has 1 aromatic rings. The Kier molecular flexibility index (Phi) is 5.69. The fourth-order valence-corrected chi connectivity index (χ4v) is 3.06. The Hall–Kier alpha value is -1.98. The highest BCUT2D eigenvalue weighted by molar-refractivity contribution is 5.88. The molecule has 0 aliphatic carbocycles. The second-order valence-electron chi connectivity index (χ2n) is 6.67. The zero-order chi connectivity index (χ0) is 17.0. The van der Waals surface area contributed by atoms with E-state index < -0.39 is 0 Å².